The van der Waals surface area contributed by atoms with Gasteiger partial charge in [-0.3, -0.25) is 19.7 Å². The number of carbonyl (C=O) groups excluding carboxylic acids is 3. The van der Waals surface area contributed by atoms with Gasteiger partial charge >= 0.3 is 0 Å². The number of fused-ring (bicyclic) bond motifs is 1. The van der Waals surface area contributed by atoms with Crippen molar-refractivity contribution in [1.82, 2.24) is 24.9 Å². The number of nitrogens with zero attached hydrogens (tertiary/aromatic N) is 4. The maximum atomic E-state index is 13.2. The molecule has 3 aliphatic carbocycles. The number of amides is 2. The van der Waals surface area contributed by atoms with Crippen LogP contribution in [0.4, 0.5) is 20.7 Å². The normalized spacial score (nSPS) is 28.4. The molecule has 0 spiro atoms. The molecule has 0 radical (unpaired) electrons. The van der Waals surface area contributed by atoms with Gasteiger partial charge in [-0.1, -0.05) is 0 Å². The molecule has 0 bridgehead atoms. The highest BCUT2D eigenvalue weighted by atomic mass is 19.3. The summed E-state index contributed by atoms with van der Waals surface area (Å²) in [6.07, 6.45) is 8.41. The summed E-state index contributed by atoms with van der Waals surface area (Å²) in [5, 5.41) is 13.4. The van der Waals surface area contributed by atoms with Gasteiger partial charge < -0.3 is 10.6 Å². The lowest BCUT2D eigenvalue weighted by atomic mass is 9.82. The second-order valence-corrected chi connectivity index (χ2v) is 10.4. The summed E-state index contributed by atoms with van der Waals surface area (Å²) in [5.74, 6) is -3.81. The van der Waals surface area contributed by atoms with E-state index in [4.69, 9.17) is 0 Å². The number of imide groups is 1. The molecule has 3 N–H and O–H groups in total. The van der Waals surface area contributed by atoms with E-state index >= 15 is 0 Å². The van der Waals surface area contributed by atoms with Gasteiger partial charge in [0.15, 0.2) is 5.65 Å². The van der Waals surface area contributed by atoms with Crippen LogP contribution in [0.25, 0.3) is 11.7 Å². The molecule has 2 aromatic rings. The minimum absolute atomic E-state index is 0.0175. The van der Waals surface area contributed by atoms with Crippen molar-refractivity contribution >= 4 is 41.2 Å². The Morgan fingerprint density at radius 2 is 1.81 bits per heavy atom. The highest BCUT2D eigenvalue weighted by Gasteiger charge is 2.60. The molecule has 4 aliphatic rings. The topological polar surface area (TPSA) is 130 Å². The third-order valence-corrected chi connectivity index (χ3v) is 7.42. The average Bonchev–Trinajstić information content (AvgIpc) is 3.68. The van der Waals surface area contributed by atoms with Crippen molar-refractivity contribution in [3.63, 3.8) is 0 Å². The van der Waals surface area contributed by atoms with Crippen LogP contribution in [0.3, 0.4) is 0 Å². The van der Waals surface area contributed by atoms with Crippen LogP contribution in [0.5, 0.6) is 0 Å². The van der Waals surface area contributed by atoms with Gasteiger partial charge in [-0.25, -0.2) is 8.78 Å². The van der Waals surface area contributed by atoms with Crippen LogP contribution in [0.2, 0.25) is 0 Å². The third kappa shape index (κ3) is 4.68. The summed E-state index contributed by atoms with van der Waals surface area (Å²) < 4.78 is 28.0. The molecule has 2 amide bonds. The number of halogens is 2. The van der Waals surface area contributed by atoms with E-state index in [1.807, 2.05) is 0 Å². The first-order valence-electron chi connectivity index (χ1n) is 12.5. The molecule has 10 nitrogen and oxygen atoms in total. The van der Waals surface area contributed by atoms with E-state index < -0.39 is 17.7 Å². The van der Waals surface area contributed by atoms with Crippen LogP contribution in [0.15, 0.2) is 11.8 Å². The molecule has 36 heavy (non-hydrogen) atoms. The van der Waals surface area contributed by atoms with Crippen LogP contribution in [-0.4, -0.2) is 55.2 Å². The Bertz CT molecular complexity index is 1280. The van der Waals surface area contributed by atoms with E-state index in [0.29, 0.717) is 34.7 Å². The average molecular weight is 500 g/mol. The zero-order valence-electron chi connectivity index (χ0n) is 19.6. The van der Waals surface area contributed by atoms with Crippen molar-refractivity contribution in [2.75, 3.05) is 10.6 Å². The first kappa shape index (κ1) is 23.0. The van der Waals surface area contributed by atoms with Crippen molar-refractivity contribution in [2.45, 2.75) is 75.8 Å². The summed E-state index contributed by atoms with van der Waals surface area (Å²) in [6, 6.07) is 0.421. The Hall–Kier alpha value is -3.44. The number of anilines is 2. The molecule has 6 rings (SSSR count). The molecule has 2 aromatic heterocycles. The lowest BCUT2D eigenvalue weighted by Crippen LogP contribution is -2.28. The summed E-state index contributed by atoms with van der Waals surface area (Å²) in [5.41, 5.74) is 1.48. The number of alkyl halides is 2. The quantitative estimate of drug-likeness (QED) is 0.373. The lowest BCUT2D eigenvalue weighted by Gasteiger charge is -2.29. The van der Waals surface area contributed by atoms with Gasteiger partial charge in [-0.15, -0.1) is 0 Å². The van der Waals surface area contributed by atoms with E-state index in [2.05, 4.69) is 31.0 Å². The molecule has 1 saturated heterocycles. The SMILES string of the molecule is O=C1C/C(=C\c2cnn3c(NC4CC4)nc(NC4CCC(CC(=O)C5CC5(F)F)CC4)nc23)C(=O)N1. The molecule has 3 saturated carbocycles. The zero-order valence-corrected chi connectivity index (χ0v) is 19.6. The van der Waals surface area contributed by atoms with Crippen LogP contribution in [0, 0.1) is 11.8 Å². The Balaban J connectivity index is 1.17. The van der Waals surface area contributed by atoms with E-state index in [0.717, 1.165) is 38.5 Å². The molecule has 1 aliphatic heterocycles. The minimum atomic E-state index is -2.79. The van der Waals surface area contributed by atoms with Gasteiger partial charge in [-0.05, 0) is 50.5 Å². The Morgan fingerprint density at radius 3 is 2.44 bits per heavy atom. The zero-order chi connectivity index (χ0) is 25.0. The number of ketones is 1. The third-order valence-electron chi connectivity index (χ3n) is 7.42. The first-order valence-corrected chi connectivity index (χ1v) is 12.5. The molecule has 12 heteroatoms. The van der Waals surface area contributed by atoms with E-state index in [1.54, 1.807) is 16.8 Å². The molecule has 1 unspecified atom stereocenters. The smallest absolute Gasteiger partial charge is 0.258 e. The number of rotatable bonds is 8. The fourth-order valence-electron chi connectivity index (χ4n) is 5.06. The number of nitrogens with one attached hydrogen (secondary N) is 3. The molecule has 1 atom stereocenters. The fourth-order valence-corrected chi connectivity index (χ4v) is 5.06. The molecular weight excluding hydrogens is 472 g/mol. The summed E-state index contributed by atoms with van der Waals surface area (Å²) in [7, 11) is 0. The van der Waals surface area contributed by atoms with E-state index in [-0.39, 0.29) is 42.9 Å². The Labute approximate surface area is 205 Å². The van der Waals surface area contributed by atoms with Gasteiger partial charge in [0, 0.05) is 36.1 Å². The standard InChI is InChI=1S/C24H27F2N7O3/c25-24(26)10-17(24)18(34)7-12-1-3-15(4-2-12)28-22-31-20-14(8-13-9-19(35)30-21(13)36)11-27-33(20)23(32-22)29-16-5-6-16/h8,11-12,15-17H,1-7,9-10H2,(H,30,35,36)(H2,28,29,31,32)/b13-8+. The predicted molar refractivity (Wildman–Crippen MR) is 125 cm³/mol. The molecule has 3 heterocycles. The van der Waals surface area contributed by atoms with Crippen molar-refractivity contribution in [1.29, 1.82) is 0 Å². The van der Waals surface area contributed by atoms with Crippen LogP contribution in [0.1, 0.15) is 63.4 Å². The summed E-state index contributed by atoms with van der Waals surface area (Å²) in [6.45, 7) is 0. The summed E-state index contributed by atoms with van der Waals surface area (Å²) in [4.78, 5) is 45.0. The summed E-state index contributed by atoms with van der Waals surface area (Å²) >= 11 is 0. The predicted octanol–water partition coefficient (Wildman–Crippen LogP) is 2.71. The molecule has 0 aromatic carbocycles. The van der Waals surface area contributed by atoms with E-state index in [9.17, 15) is 23.2 Å². The highest BCUT2D eigenvalue weighted by molar-refractivity contribution is 6.15. The van der Waals surface area contributed by atoms with Crippen molar-refractivity contribution in [3.05, 3.63) is 17.3 Å². The molecular formula is C24H27F2N7O3. The highest BCUT2D eigenvalue weighted by Crippen LogP contribution is 2.50. The van der Waals surface area contributed by atoms with Crippen molar-refractivity contribution in [3.8, 4) is 0 Å². The number of carbonyl (C=O) groups is 3. The fraction of sp³-hybridized carbons (Fsp3) is 0.583. The largest absolute Gasteiger partial charge is 0.351 e. The number of aromatic nitrogens is 4. The number of hydrogen-bond acceptors (Lipinski definition) is 8. The van der Waals surface area contributed by atoms with E-state index in [1.165, 1.54) is 0 Å². The first-order chi connectivity index (χ1) is 17.2. The van der Waals surface area contributed by atoms with Crippen LogP contribution < -0.4 is 16.0 Å². The Morgan fingerprint density at radius 1 is 1.11 bits per heavy atom. The second kappa shape index (κ2) is 8.59. The van der Waals surface area contributed by atoms with Crippen LogP contribution in [-0.2, 0) is 14.4 Å². The maximum Gasteiger partial charge on any atom is 0.258 e. The Kier molecular flexibility index (Phi) is 5.49. The lowest BCUT2D eigenvalue weighted by molar-refractivity contribution is -0.125. The van der Waals surface area contributed by atoms with Gasteiger partial charge in [0.1, 0.15) is 5.78 Å². The molecule has 190 valence electrons. The van der Waals surface area contributed by atoms with Crippen LogP contribution >= 0.6 is 0 Å². The minimum Gasteiger partial charge on any atom is -0.351 e. The van der Waals surface area contributed by atoms with Gasteiger partial charge in [-0.2, -0.15) is 19.6 Å². The monoisotopic (exact) mass is 499 g/mol. The van der Waals surface area contributed by atoms with Crippen molar-refractivity contribution in [2.24, 2.45) is 11.8 Å². The van der Waals surface area contributed by atoms with Gasteiger partial charge in [0.2, 0.25) is 17.8 Å². The van der Waals surface area contributed by atoms with Gasteiger partial charge in [0.25, 0.3) is 11.8 Å². The van der Waals surface area contributed by atoms with Gasteiger partial charge in [0.05, 0.1) is 18.5 Å². The van der Waals surface area contributed by atoms with Crippen molar-refractivity contribution < 1.29 is 23.2 Å². The second-order valence-electron chi connectivity index (χ2n) is 10.4. The molecule has 4 fully saturated rings. The number of hydrogen-bond donors (Lipinski definition) is 3. The number of Topliss-reactive ketones (excluding diaryl/α,β-unsaturated/α-hetero) is 1. The maximum absolute atomic E-state index is 13.2.